The van der Waals surface area contributed by atoms with Crippen molar-refractivity contribution in [3.63, 3.8) is 0 Å². The fraction of sp³-hybridized carbons (Fsp3) is 0.300. The van der Waals surface area contributed by atoms with Gasteiger partial charge in [0.05, 0.1) is 17.4 Å². The Morgan fingerprint density at radius 2 is 1.77 bits per heavy atom. The number of thiophene rings is 1. The highest BCUT2D eigenvalue weighted by atomic mass is 32.2. The summed E-state index contributed by atoms with van der Waals surface area (Å²) in [5, 5.41) is 0. The summed E-state index contributed by atoms with van der Waals surface area (Å²) in [5.74, 6) is -0.600. The maximum Gasteiger partial charge on any atom is 0.272 e. The van der Waals surface area contributed by atoms with Crippen LogP contribution in [0.15, 0.2) is 47.8 Å². The van der Waals surface area contributed by atoms with Crippen molar-refractivity contribution in [2.75, 3.05) is 26.2 Å². The van der Waals surface area contributed by atoms with E-state index in [1.54, 1.807) is 34.6 Å². The molecule has 1 saturated heterocycles. The van der Waals surface area contributed by atoms with Crippen LogP contribution in [0.3, 0.4) is 0 Å². The molecule has 3 heterocycles. The first-order valence-corrected chi connectivity index (χ1v) is 11.7. The van der Waals surface area contributed by atoms with Crippen LogP contribution in [0.5, 0.6) is 0 Å². The monoisotopic (exact) mass is 448 g/mol. The molecule has 1 amide bonds. The van der Waals surface area contributed by atoms with Crippen LogP contribution in [0, 0.1) is 19.7 Å². The number of rotatable bonds is 4. The van der Waals surface area contributed by atoms with Crippen LogP contribution in [-0.2, 0) is 10.0 Å². The first kappa shape index (κ1) is 20.7. The van der Waals surface area contributed by atoms with E-state index in [1.807, 2.05) is 6.92 Å². The summed E-state index contributed by atoms with van der Waals surface area (Å²) in [7, 11) is -3.58. The molecule has 0 radical (unpaired) electrons. The van der Waals surface area contributed by atoms with Gasteiger partial charge in [0.15, 0.2) is 0 Å². The Morgan fingerprint density at radius 1 is 1.10 bits per heavy atom. The summed E-state index contributed by atoms with van der Waals surface area (Å²) in [4.78, 5) is 20.8. The topological polar surface area (TPSA) is 75.5 Å². The van der Waals surface area contributed by atoms with E-state index in [0.29, 0.717) is 16.3 Å². The summed E-state index contributed by atoms with van der Waals surface area (Å²) >= 11 is 1.46. The van der Waals surface area contributed by atoms with Gasteiger partial charge in [-0.3, -0.25) is 9.36 Å². The summed E-state index contributed by atoms with van der Waals surface area (Å²) in [6.07, 6.45) is 2.97. The van der Waals surface area contributed by atoms with Crippen LogP contribution in [-0.4, -0.2) is 59.3 Å². The lowest BCUT2D eigenvalue weighted by atomic mass is 10.2. The highest BCUT2D eigenvalue weighted by Crippen LogP contribution is 2.28. The smallest absolute Gasteiger partial charge is 0.272 e. The minimum atomic E-state index is -3.58. The molecule has 7 nitrogen and oxygen atoms in total. The van der Waals surface area contributed by atoms with Crippen molar-refractivity contribution in [3.8, 4) is 5.69 Å². The molecule has 0 N–H and O–H groups in total. The number of carbonyl (C=O) groups excluding carboxylic acids is 1. The van der Waals surface area contributed by atoms with Gasteiger partial charge in [-0.05, 0) is 44.2 Å². The molecule has 1 aromatic carbocycles. The number of aryl methyl sites for hydroxylation is 2. The summed E-state index contributed by atoms with van der Waals surface area (Å²) in [6.45, 7) is 4.72. The highest BCUT2D eigenvalue weighted by molar-refractivity contribution is 7.89. The van der Waals surface area contributed by atoms with Gasteiger partial charge in [-0.1, -0.05) is 0 Å². The molecule has 3 aromatic rings. The number of hydrogen-bond donors (Lipinski definition) is 0. The average Bonchev–Trinajstić information content (AvgIpc) is 3.34. The minimum absolute atomic E-state index is 0.229. The van der Waals surface area contributed by atoms with Gasteiger partial charge < -0.3 is 4.90 Å². The Kier molecular flexibility index (Phi) is 5.48. The molecule has 2 aromatic heterocycles. The SMILES string of the molecule is Cc1cc(S(=O)(=O)N2CCN(C(=O)c3cncn3-c3ccc(F)cc3)CC2)c(C)s1. The van der Waals surface area contributed by atoms with Gasteiger partial charge in [0.2, 0.25) is 10.0 Å². The van der Waals surface area contributed by atoms with E-state index in [9.17, 15) is 17.6 Å². The minimum Gasteiger partial charge on any atom is -0.335 e. The zero-order chi connectivity index (χ0) is 21.5. The van der Waals surface area contributed by atoms with Gasteiger partial charge in [0.1, 0.15) is 11.5 Å². The summed E-state index contributed by atoms with van der Waals surface area (Å²) in [6, 6.07) is 7.49. The molecular formula is C20H21FN4O3S2. The van der Waals surface area contributed by atoms with E-state index < -0.39 is 10.0 Å². The van der Waals surface area contributed by atoms with E-state index in [0.717, 1.165) is 9.75 Å². The van der Waals surface area contributed by atoms with Crippen LogP contribution in [0.4, 0.5) is 4.39 Å². The molecular weight excluding hydrogens is 427 g/mol. The molecule has 0 spiro atoms. The molecule has 1 aliphatic heterocycles. The quantitative estimate of drug-likeness (QED) is 0.615. The molecule has 30 heavy (non-hydrogen) atoms. The maximum atomic E-state index is 13.2. The standard InChI is InChI=1S/C20H21FN4O3S2/c1-14-11-19(15(2)29-14)30(27,28)24-9-7-23(8-10-24)20(26)18-12-22-13-25(18)17-5-3-16(21)4-6-17/h3-6,11-13H,7-10H2,1-2H3. The number of nitrogens with zero attached hydrogens (tertiary/aromatic N) is 4. The van der Waals surface area contributed by atoms with Gasteiger partial charge >= 0.3 is 0 Å². The van der Waals surface area contributed by atoms with Gasteiger partial charge in [-0.2, -0.15) is 4.31 Å². The van der Waals surface area contributed by atoms with E-state index in [1.165, 1.54) is 40.3 Å². The largest absolute Gasteiger partial charge is 0.335 e. The Balaban J connectivity index is 1.49. The van der Waals surface area contributed by atoms with Crippen molar-refractivity contribution < 1.29 is 17.6 Å². The molecule has 1 aliphatic rings. The zero-order valence-corrected chi connectivity index (χ0v) is 18.2. The third kappa shape index (κ3) is 3.78. The number of hydrogen-bond acceptors (Lipinski definition) is 5. The number of piperazine rings is 1. The Hall–Kier alpha value is -2.56. The first-order valence-electron chi connectivity index (χ1n) is 9.42. The molecule has 0 unspecified atom stereocenters. The second kappa shape index (κ2) is 7.93. The number of carbonyl (C=O) groups is 1. The highest BCUT2D eigenvalue weighted by Gasteiger charge is 2.32. The van der Waals surface area contributed by atoms with Crippen molar-refractivity contribution in [3.05, 3.63) is 64.1 Å². The van der Waals surface area contributed by atoms with Gasteiger partial charge in [-0.25, -0.2) is 17.8 Å². The third-order valence-corrected chi connectivity index (χ3v) is 8.22. The van der Waals surface area contributed by atoms with Crippen molar-refractivity contribution in [2.45, 2.75) is 18.7 Å². The Labute approximate surface area is 178 Å². The number of imidazole rings is 1. The van der Waals surface area contributed by atoms with Crippen LogP contribution in [0.25, 0.3) is 5.69 Å². The number of amides is 1. The van der Waals surface area contributed by atoms with E-state index >= 15 is 0 Å². The fourth-order valence-electron chi connectivity index (χ4n) is 3.56. The van der Waals surface area contributed by atoms with E-state index in [4.69, 9.17) is 0 Å². The molecule has 0 saturated carbocycles. The van der Waals surface area contributed by atoms with E-state index in [2.05, 4.69) is 4.98 Å². The maximum absolute atomic E-state index is 13.2. The fourth-order valence-corrected chi connectivity index (χ4v) is 6.50. The first-order chi connectivity index (χ1) is 14.3. The lowest BCUT2D eigenvalue weighted by Crippen LogP contribution is -2.50. The zero-order valence-electron chi connectivity index (χ0n) is 16.6. The van der Waals surface area contributed by atoms with Crippen LogP contribution >= 0.6 is 11.3 Å². The molecule has 1 fully saturated rings. The molecule has 158 valence electrons. The Bertz CT molecular complexity index is 1180. The summed E-state index contributed by atoms with van der Waals surface area (Å²) < 4.78 is 42.2. The number of benzene rings is 1. The summed E-state index contributed by atoms with van der Waals surface area (Å²) in [5.41, 5.74) is 0.976. The van der Waals surface area contributed by atoms with Crippen molar-refractivity contribution in [1.29, 1.82) is 0 Å². The van der Waals surface area contributed by atoms with Crippen LogP contribution in [0.1, 0.15) is 20.2 Å². The molecule has 0 atom stereocenters. The third-order valence-electron chi connectivity index (χ3n) is 5.10. The molecule has 0 aliphatic carbocycles. The normalized spacial score (nSPS) is 15.5. The predicted molar refractivity (Wildman–Crippen MR) is 112 cm³/mol. The van der Waals surface area contributed by atoms with Crippen molar-refractivity contribution in [1.82, 2.24) is 18.8 Å². The molecule has 4 rings (SSSR count). The average molecular weight is 449 g/mol. The lowest BCUT2D eigenvalue weighted by molar-refractivity contribution is 0.0690. The second-order valence-corrected chi connectivity index (χ2v) is 10.5. The second-order valence-electron chi connectivity index (χ2n) is 7.10. The molecule has 0 bridgehead atoms. The number of aromatic nitrogens is 2. The van der Waals surface area contributed by atoms with Gasteiger partial charge in [-0.15, -0.1) is 11.3 Å². The van der Waals surface area contributed by atoms with Crippen molar-refractivity contribution in [2.24, 2.45) is 0 Å². The molecule has 10 heteroatoms. The van der Waals surface area contributed by atoms with E-state index in [-0.39, 0.29) is 37.9 Å². The van der Waals surface area contributed by atoms with Crippen LogP contribution < -0.4 is 0 Å². The Morgan fingerprint density at radius 3 is 2.37 bits per heavy atom. The predicted octanol–water partition coefficient (Wildman–Crippen LogP) is 2.84. The van der Waals surface area contributed by atoms with Gasteiger partial charge in [0, 0.05) is 41.6 Å². The van der Waals surface area contributed by atoms with Crippen LogP contribution in [0.2, 0.25) is 0 Å². The van der Waals surface area contributed by atoms with Crippen molar-refractivity contribution >= 4 is 27.3 Å². The number of halogens is 1. The van der Waals surface area contributed by atoms with Gasteiger partial charge in [0.25, 0.3) is 5.91 Å². The lowest BCUT2D eigenvalue weighted by Gasteiger charge is -2.34. The number of sulfonamides is 1.